The summed E-state index contributed by atoms with van der Waals surface area (Å²) in [6.07, 6.45) is -3.99. The number of nitrogens with two attached hydrogens (primary N) is 1. The van der Waals surface area contributed by atoms with Crippen LogP contribution in [0, 0.1) is 5.82 Å². The predicted octanol–water partition coefficient (Wildman–Crippen LogP) is 2.77. The summed E-state index contributed by atoms with van der Waals surface area (Å²) in [5.41, 5.74) is 4.47. The van der Waals surface area contributed by atoms with Crippen molar-refractivity contribution in [1.29, 1.82) is 0 Å². The fourth-order valence-electron chi connectivity index (χ4n) is 1.92. The molecule has 0 spiro atoms. The Morgan fingerprint density at radius 2 is 2.00 bits per heavy atom. The van der Waals surface area contributed by atoms with Gasteiger partial charge in [-0.2, -0.15) is 13.2 Å². The fourth-order valence-corrected chi connectivity index (χ4v) is 2.84. The SMILES string of the molecule is Cn1c(CCN)nnc1SCc1cc(F)ccc1C(F)(F)F. The molecular weight excluding hydrogens is 320 g/mol. The van der Waals surface area contributed by atoms with E-state index >= 15 is 0 Å². The molecule has 9 heteroatoms. The Morgan fingerprint density at radius 3 is 2.64 bits per heavy atom. The molecule has 0 unspecified atom stereocenters. The number of hydrogen-bond acceptors (Lipinski definition) is 4. The van der Waals surface area contributed by atoms with E-state index in [-0.39, 0.29) is 11.3 Å². The van der Waals surface area contributed by atoms with Gasteiger partial charge in [0, 0.05) is 19.2 Å². The van der Waals surface area contributed by atoms with E-state index in [0.29, 0.717) is 23.9 Å². The number of thioether (sulfide) groups is 1. The molecule has 0 aliphatic heterocycles. The molecule has 2 aromatic rings. The van der Waals surface area contributed by atoms with E-state index in [9.17, 15) is 17.6 Å². The van der Waals surface area contributed by atoms with E-state index in [1.807, 2.05) is 0 Å². The van der Waals surface area contributed by atoms with Crippen molar-refractivity contribution >= 4 is 11.8 Å². The number of benzene rings is 1. The van der Waals surface area contributed by atoms with Crippen LogP contribution in [0.1, 0.15) is 17.0 Å². The highest BCUT2D eigenvalue weighted by Crippen LogP contribution is 2.35. The molecule has 1 heterocycles. The molecule has 4 nitrogen and oxygen atoms in total. The van der Waals surface area contributed by atoms with Gasteiger partial charge in [0.25, 0.3) is 0 Å². The number of hydrogen-bond donors (Lipinski definition) is 1. The van der Waals surface area contributed by atoms with Crippen molar-refractivity contribution in [2.24, 2.45) is 12.8 Å². The van der Waals surface area contributed by atoms with Crippen LogP contribution in [0.15, 0.2) is 23.4 Å². The molecule has 2 N–H and O–H groups in total. The summed E-state index contributed by atoms with van der Waals surface area (Å²) in [6, 6.07) is 2.45. The minimum Gasteiger partial charge on any atom is -0.330 e. The van der Waals surface area contributed by atoms with Gasteiger partial charge in [-0.3, -0.25) is 0 Å². The largest absolute Gasteiger partial charge is 0.416 e. The molecular formula is C13H14F4N4S. The third-order valence-corrected chi connectivity index (χ3v) is 4.09. The van der Waals surface area contributed by atoms with Gasteiger partial charge in [0.05, 0.1) is 5.56 Å². The number of aromatic nitrogens is 3. The third-order valence-electron chi connectivity index (χ3n) is 3.02. The number of halogens is 4. The van der Waals surface area contributed by atoms with Crippen molar-refractivity contribution in [3.05, 3.63) is 41.0 Å². The average molecular weight is 334 g/mol. The highest BCUT2D eigenvalue weighted by molar-refractivity contribution is 7.98. The minimum absolute atomic E-state index is 0.0544. The van der Waals surface area contributed by atoms with Crippen LogP contribution in [-0.2, 0) is 25.4 Å². The lowest BCUT2D eigenvalue weighted by Crippen LogP contribution is -2.09. The molecule has 0 aliphatic carbocycles. The first kappa shape index (κ1) is 16.8. The lowest BCUT2D eigenvalue weighted by molar-refractivity contribution is -0.138. The average Bonchev–Trinajstić information content (AvgIpc) is 2.77. The molecule has 22 heavy (non-hydrogen) atoms. The zero-order valence-electron chi connectivity index (χ0n) is 11.7. The quantitative estimate of drug-likeness (QED) is 0.675. The van der Waals surface area contributed by atoms with E-state index in [0.717, 1.165) is 30.0 Å². The van der Waals surface area contributed by atoms with Gasteiger partial charge >= 0.3 is 6.18 Å². The number of rotatable bonds is 5. The van der Waals surface area contributed by atoms with E-state index in [1.54, 1.807) is 11.6 Å². The maximum atomic E-state index is 13.2. The third kappa shape index (κ3) is 3.77. The smallest absolute Gasteiger partial charge is 0.330 e. The van der Waals surface area contributed by atoms with Crippen LogP contribution in [0.25, 0.3) is 0 Å². The van der Waals surface area contributed by atoms with E-state index in [2.05, 4.69) is 10.2 Å². The Morgan fingerprint density at radius 1 is 1.27 bits per heavy atom. The lowest BCUT2D eigenvalue weighted by atomic mass is 10.1. The van der Waals surface area contributed by atoms with Crippen LogP contribution in [0.4, 0.5) is 17.6 Å². The Labute approximate surface area is 128 Å². The van der Waals surface area contributed by atoms with E-state index in [4.69, 9.17) is 5.73 Å². The Kier molecular flexibility index (Phi) is 5.07. The van der Waals surface area contributed by atoms with E-state index in [1.165, 1.54) is 0 Å². The standard InChI is InChI=1S/C13H14F4N4S/c1-21-11(4-5-18)19-20-12(21)22-7-8-6-9(14)2-3-10(8)13(15,16)17/h2-3,6H,4-5,7,18H2,1H3. The van der Waals surface area contributed by atoms with Crippen molar-refractivity contribution in [2.45, 2.75) is 23.5 Å². The Hall–Kier alpha value is -1.61. The highest BCUT2D eigenvalue weighted by atomic mass is 32.2. The van der Waals surface area contributed by atoms with Gasteiger partial charge in [0.1, 0.15) is 11.6 Å². The van der Waals surface area contributed by atoms with Crippen LogP contribution in [-0.4, -0.2) is 21.3 Å². The summed E-state index contributed by atoms with van der Waals surface area (Å²) < 4.78 is 53.6. The summed E-state index contributed by atoms with van der Waals surface area (Å²) in [6.45, 7) is 0.402. The maximum absolute atomic E-state index is 13.2. The molecule has 0 saturated carbocycles. The van der Waals surface area contributed by atoms with Crippen LogP contribution < -0.4 is 5.73 Å². The second-order valence-corrected chi connectivity index (χ2v) is 5.53. The summed E-state index contributed by atoms with van der Waals surface area (Å²) in [7, 11) is 1.71. The van der Waals surface area contributed by atoms with Crippen molar-refractivity contribution in [1.82, 2.24) is 14.8 Å². The van der Waals surface area contributed by atoms with Crippen molar-refractivity contribution < 1.29 is 17.6 Å². The molecule has 1 aromatic carbocycles. The topological polar surface area (TPSA) is 56.7 Å². The lowest BCUT2D eigenvalue weighted by Gasteiger charge is -2.12. The molecule has 1 aromatic heterocycles. The normalized spacial score (nSPS) is 11.9. The predicted molar refractivity (Wildman–Crippen MR) is 74.7 cm³/mol. The second-order valence-electron chi connectivity index (χ2n) is 4.58. The van der Waals surface area contributed by atoms with Crippen molar-refractivity contribution in [3.8, 4) is 0 Å². The van der Waals surface area contributed by atoms with Crippen molar-refractivity contribution in [3.63, 3.8) is 0 Å². The van der Waals surface area contributed by atoms with Crippen molar-refractivity contribution in [2.75, 3.05) is 6.54 Å². The molecule has 120 valence electrons. The summed E-state index contributed by atoms with van der Waals surface area (Å²) in [5, 5.41) is 8.29. The van der Waals surface area contributed by atoms with Crippen LogP contribution in [0.2, 0.25) is 0 Å². The molecule has 0 saturated heterocycles. The van der Waals surface area contributed by atoms with Gasteiger partial charge in [-0.25, -0.2) is 4.39 Å². The number of alkyl halides is 3. The summed E-state index contributed by atoms with van der Waals surface area (Å²) in [4.78, 5) is 0. The Balaban J connectivity index is 2.20. The van der Waals surface area contributed by atoms with Crippen LogP contribution in [0.3, 0.4) is 0 Å². The molecule has 2 rings (SSSR count). The van der Waals surface area contributed by atoms with Gasteiger partial charge in [0.2, 0.25) is 0 Å². The fraction of sp³-hybridized carbons (Fsp3) is 0.385. The van der Waals surface area contributed by atoms with Crippen LogP contribution in [0.5, 0.6) is 0 Å². The first-order chi connectivity index (χ1) is 10.3. The molecule has 0 bridgehead atoms. The second kappa shape index (κ2) is 6.66. The zero-order chi connectivity index (χ0) is 16.3. The Bertz CT molecular complexity index is 654. The zero-order valence-corrected chi connectivity index (χ0v) is 12.5. The van der Waals surface area contributed by atoms with Gasteiger partial charge < -0.3 is 10.3 Å². The molecule has 0 atom stereocenters. The first-order valence-electron chi connectivity index (χ1n) is 6.39. The minimum atomic E-state index is -4.52. The molecule has 0 aliphatic rings. The highest BCUT2D eigenvalue weighted by Gasteiger charge is 2.33. The van der Waals surface area contributed by atoms with Crippen LogP contribution >= 0.6 is 11.8 Å². The molecule has 0 radical (unpaired) electrons. The van der Waals surface area contributed by atoms with Gasteiger partial charge in [-0.05, 0) is 30.3 Å². The number of nitrogens with zero attached hydrogens (tertiary/aromatic N) is 3. The monoisotopic (exact) mass is 334 g/mol. The van der Waals surface area contributed by atoms with E-state index < -0.39 is 17.6 Å². The summed E-state index contributed by atoms with van der Waals surface area (Å²) >= 11 is 1.07. The maximum Gasteiger partial charge on any atom is 0.416 e. The van der Waals surface area contributed by atoms with Gasteiger partial charge in [0.15, 0.2) is 5.16 Å². The molecule has 0 amide bonds. The summed E-state index contributed by atoms with van der Waals surface area (Å²) in [5.74, 6) is -0.105. The molecule has 0 fully saturated rings. The van der Waals surface area contributed by atoms with Gasteiger partial charge in [-0.1, -0.05) is 11.8 Å². The van der Waals surface area contributed by atoms with Gasteiger partial charge in [-0.15, -0.1) is 10.2 Å². The first-order valence-corrected chi connectivity index (χ1v) is 7.38.